The molecular weight excluding hydrogens is 224 g/mol. The summed E-state index contributed by atoms with van der Waals surface area (Å²) in [5.41, 5.74) is 0. The lowest BCUT2D eigenvalue weighted by molar-refractivity contribution is -0.0225. The van der Waals surface area contributed by atoms with Gasteiger partial charge in [0.15, 0.2) is 0 Å². The van der Waals surface area contributed by atoms with E-state index in [1.54, 1.807) is 0 Å². The second-order valence-electron chi connectivity index (χ2n) is 5.72. The zero-order valence-electron chi connectivity index (χ0n) is 11.6. The Kier molecular flexibility index (Phi) is 5.46. The van der Waals surface area contributed by atoms with Gasteiger partial charge >= 0.3 is 0 Å². The Morgan fingerprint density at radius 1 is 1.22 bits per heavy atom. The molecule has 2 rings (SSSR count). The third kappa shape index (κ3) is 3.46. The molecule has 0 N–H and O–H groups in total. The minimum Gasteiger partial charge on any atom is -0.377 e. The minimum absolute atomic E-state index is 0.253. The van der Waals surface area contributed by atoms with Gasteiger partial charge in [0.25, 0.3) is 0 Å². The minimum atomic E-state index is 0.253. The van der Waals surface area contributed by atoms with Gasteiger partial charge in [0.1, 0.15) is 0 Å². The molecule has 2 fully saturated rings. The van der Waals surface area contributed by atoms with Gasteiger partial charge in [-0.2, -0.15) is 5.26 Å². The van der Waals surface area contributed by atoms with E-state index in [0.29, 0.717) is 12.1 Å². The van der Waals surface area contributed by atoms with Crippen LogP contribution in [0.4, 0.5) is 0 Å². The summed E-state index contributed by atoms with van der Waals surface area (Å²) >= 11 is 0. The van der Waals surface area contributed by atoms with E-state index in [1.807, 2.05) is 0 Å². The van der Waals surface area contributed by atoms with E-state index in [1.165, 1.54) is 32.1 Å². The molecule has 1 aliphatic heterocycles. The fraction of sp³-hybridized carbons (Fsp3) is 0.933. The zero-order valence-corrected chi connectivity index (χ0v) is 11.6. The van der Waals surface area contributed by atoms with Crippen molar-refractivity contribution in [3.63, 3.8) is 0 Å². The van der Waals surface area contributed by atoms with Gasteiger partial charge in [-0.25, -0.2) is 0 Å². The van der Waals surface area contributed by atoms with Crippen molar-refractivity contribution in [1.82, 2.24) is 4.90 Å². The Morgan fingerprint density at radius 2 is 2.06 bits per heavy atom. The van der Waals surface area contributed by atoms with Crippen LogP contribution in [0.2, 0.25) is 0 Å². The smallest absolute Gasteiger partial charge is 0.0702 e. The lowest BCUT2D eigenvalue weighted by Gasteiger charge is -2.41. The molecule has 18 heavy (non-hydrogen) atoms. The zero-order chi connectivity index (χ0) is 12.8. The molecule has 0 amide bonds. The van der Waals surface area contributed by atoms with Crippen molar-refractivity contribution >= 4 is 0 Å². The summed E-state index contributed by atoms with van der Waals surface area (Å²) in [4.78, 5) is 2.54. The molecule has 1 aliphatic carbocycles. The molecule has 0 radical (unpaired) electrons. The average molecular weight is 250 g/mol. The lowest BCUT2D eigenvalue weighted by atomic mass is 9.83. The number of nitriles is 1. The maximum atomic E-state index is 9.29. The van der Waals surface area contributed by atoms with Gasteiger partial charge in [0.2, 0.25) is 0 Å². The summed E-state index contributed by atoms with van der Waals surface area (Å²) in [7, 11) is 0. The van der Waals surface area contributed by atoms with Crippen LogP contribution in [0.15, 0.2) is 0 Å². The molecule has 3 unspecified atom stereocenters. The van der Waals surface area contributed by atoms with E-state index >= 15 is 0 Å². The van der Waals surface area contributed by atoms with Gasteiger partial charge in [0.05, 0.1) is 18.1 Å². The fourth-order valence-electron chi connectivity index (χ4n) is 3.39. The first kappa shape index (κ1) is 13.8. The molecule has 1 heterocycles. The summed E-state index contributed by atoms with van der Waals surface area (Å²) in [6.45, 7) is 5.25. The first-order valence-corrected chi connectivity index (χ1v) is 7.60. The van der Waals surface area contributed by atoms with Crippen LogP contribution in [0.25, 0.3) is 0 Å². The van der Waals surface area contributed by atoms with Crippen LogP contribution < -0.4 is 0 Å². The number of piperidine rings is 1. The summed E-state index contributed by atoms with van der Waals surface area (Å²) < 4.78 is 5.90. The quantitative estimate of drug-likeness (QED) is 0.769. The van der Waals surface area contributed by atoms with Crippen molar-refractivity contribution in [2.24, 2.45) is 5.92 Å². The molecule has 102 valence electrons. The molecule has 0 bridgehead atoms. The largest absolute Gasteiger partial charge is 0.377 e. The molecule has 3 atom stereocenters. The van der Waals surface area contributed by atoms with E-state index in [4.69, 9.17) is 4.74 Å². The second-order valence-corrected chi connectivity index (χ2v) is 5.72. The fourth-order valence-corrected chi connectivity index (χ4v) is 3.39. The second kappa shape index (κ2) is 7.11. The topological polar surface area (TPSA) is 36.3 Å². The monoisotopic (exact) mass is 250 g/mol. The van der Waals surface area contributed by atoms with Crippen LogP contribution in [-0.4, -0.2) is 36.7 Å². The summed E-state index contributed by atoms with van der Waals surface area (Å²) in [6, 6.07) is 3.02. The molecule has 2 aliphatic rings. The van der Waals surface area contributed by atoms with Crippen LogP contribution in [0.3, 0.4) is 0 Å². The Bertz CT molecular complexity index is 287. The van der Waals surface area contributed by atoms with E-state index in [2.05, 4.69) is 17.9 Å². The Hall–Kier alpha value is -0.590. The highest BCUT2D eigenvalue weighted by Crippen LogP contribution is 2.30. The first-order valence-electron chi connectivity index (χ1n) is 7.60. The van der Waals surface area contributed by atoms with Crippen LogP contribution >= 0.6 is 0 Å². The van der Waals surface area contributed by atoms with Crippen molar-refractivity contribution in [1.29, 1.82) is 5.26 Å². The van der Waals surface area contributed by atoms with E-state index in [-0.39, 0.29) is 5.92 Å². The molecule has 3 nitrogen and oxygen atoms in total. The van der Waals surface area contributed by atoms with Gasteiger partial charge in [-0.15, -0.1) is 0 Å². The number of nitrogens with zero attached hydrogens (tertiary/aromatic N) is 2. The first-order chi connectivity index (χ1) is 8.85. The highest BCUT2D eigenvalue weighted by atomic mass is 16.5. The van der Waals surface area contributed by atoms with Gasteiger partial charge in [-0.05, 0) is 38.6 Å². The summed E-state index contributed by atoms with van der Waals surface area (Å²) in [5.74, 6) is 0.253. The van der Waals surface area contributed by atoms with E-state index < -0.39 is 0 Å². The van der Waals surface area contributed by atoms with Crippen LogP contribution in [0, 0.1) is 17.2 Å². The third-order valence-electron chi connectivity index (χ3n) is 4.33. The average Bonchev–Trinajstić information content (AvgIpc) is 2.45. The van der Waals surface area contributed by atoms with Gasteiger partial charge in [-0.3, -0.25) is 4.90 Å². The molecule has 0 aromatic carbocycles. The van der Waals surface area contributed by atoms with Crippen molar-refractivity contribution in [3.8, 4) is 6.07 Å². The Labute approximate surface area is 111 Å². The number of hydrogen-bond donors (Lipinski definition) is 0. The van der Waals surface area contributed by atoms with Crippen LogP contribution in [-0.2, 0) is 4.74 Å². The highest BCUT2D eigenvalue weighted by Gasteiger charge is 2.33. The number of hydrogen-bond acceptors (Lipinski definition) is 3. The van der Waals surface area contributed by atoms with E-state index in [9.17, 15) is 5.26 Å². The van der Waals surface area contributed by atoms with Crippen molar-refractivity contribution in [2.75, 3.05) is 19.7 Å². The number of ether oxygens (including phenoxy) is 1. The molecule has 1 saturated heterocycles. The maximum Gasteiger partial charge on any atom is 0.0702 e. The molecule has 1 saturated carbocycles. The predicted octanol–water partition coefficient (Wildman–Crippen LogP) is 2.96. The summed E-state index contributed by atoms with van der Waals surface area (Å²) in [5, 5.41) is 9.29. The molecule has 0 spiro atoms. The third-order valence-corrected chi connectivity index (χ3v) is 4.33. The van der Waals surface area contributed by atoms with Crippen LogP contribution in [0.1, 0.15) is 51.9 Å². The Balaban J connectivity index is 1.88. The van der Waals surface area contributed by atoms with E-state index in [0.717, 1.165) is 32.5 Å². The highest BCUT2D eigenvalue weighted by molar-refractivity contribution is 4.96. The Morgan fingerprint density at radius 3 is 2.83 bits per heavy atom. The maximum absolute atomic E-state index is 9.29. The predicted molar refractivity (Wildman–Crippen MR) is 72.2 cm³/mol. The normalized spacial score (nSPS) is 34.1. The van der Waals surface area contributed by atoms with Crippen molar-refractivity contribution in [3.05, 3.63) is 0 Å². The van der Waals surface area contributed by atoms with Crippen LogP contribution in [0.5, 0.6) is 0 Å². The lowest BCUT2D eigenvalue weighted by Crippen LogP contribution is -2.49. The molecule has 0 aromatic rings. The molecular formula is C15H26N2O. The number of likely N-dealkylation sites (tertiary alicyclic amines) is 1. The van der Waals surface area contributed by atoms with Gasteiger partial charge < -0.3 is 4.74 Å². The standard InChI is InChI=1S/C15H26N2O/c1-2-10-18-14-7-5-9-17(12-14)15-8-4-3-6-13(15)11-16/h13-15H,2-10,12H2,1H3. The van der Waals surface area contributed by atoms with Gasteiger partial charge in [0, 0.05) is 19.2 Å². The number of rotatable bonds is 4. The van der Waals surface area contributed by atoms with Crippen molar-refractivity contribution in [2.45, 2.75) is 64.0 Å². The van der Waals surface area contributed by atoms with Gasteiger partial charge in [-0.1, -0.05) is 19.8 Å². The SMILES string of the molecule is CCCOC1CCCN(C2CCCCC2C#N)C1. The summed E-state index contributed by atoms with van der Waals surface area (Å²) in [6.07, 6.45) is 8.75. The molecule has 0 aromatic heterocycles. The molecule has 3 heteroatoms. The van der Waals surface area contributed by atoms with Crippen molar-refractivity contribution < 1.29 is 4.74 Å².